The van der Waals surface area contributed by atoms with Crippen molar-refractivity contribution in [3.8, 4) is 5.75 Å². The number of pyridine rings is 1. The van der Waals surface area contributed by atoms with E-state index in [4.69, 9.17) is 20.8 Å². The summed E-state index contributed by atoms with van der Waals surface area (Å²) in [6, 6.07) is 14.5. The van der Waals surface area contributed by atoms with Crippen molar-refractivity contribution in [2.45, 2.75) is 6.92 Å². The van der Waals surface area contributed by atoms with Gasteiger partial charge < -0.3 is 14.5 Å². The number of nitrogens with one attached hydrogen (secondary N) is 1. The van der Waals surface area contributed by atoms with Gasteiger partial charge in [-0.2, -0.15) is 0 Å². The van der Waals surface area contributed by atoms with Crippen LogP contribution in [0.4, 0.5) is 5.69 Å². The number of carbonyl (C=O) groups excluding carboxylic acids is 1. The van der Waals surface area contributed by atoms with Crippen LogP contribution in [0.2, 0.25) is 5.02 Å². The summed E-state index contributed by atoms with van der Waals surface area (Å²) in [6.45, 7) is 1.90. The quantitative estimate of drug-likeness (QED) is 0.541. The summed E-state index contributed by atoms with van der Waals surface area (Å²) in [7, 11) is 1.62. The molecule has 0 saturated carbocycles. The molecule has 0 aliphatic carbocycles. The SMILES string of the molecule is COc1ccc2nc3oc(C(=O)Nc4ccc(C)c(Cl)c4)cc3cc2c1. The molecule has 1 amide bonds. The van der Waals surface area contributed by atoms with Crippen molar-refractivity contribution in [3.63, 3.8) is 0 Å². The van der Waals surface area contributed by atoms with E-state index in [0.717, 1.165) is 27.6 Å². The molecule has 26 heavy (non-hydrogen) atoms. The Balaban J connectivity index is 1.68. The lowest BCUT2D eigenvalue weighted by Crippen LogP contribution is -2.10. The number of methoxy groups -OCH3 is 1. The summed E-state index contributed by atoms with van der Waals surface area (Å²) in [5.74, 6) is 0.576. The first-order valence-corrected chi connectivity index (χ1v) is 8.37. The van der Waals surface area contributed by atoms with Gasteiger partial charge in [-0.3, -0.25) is 4.79 Å². The molecule has 0 aliphatic heterocycles. The van der Waals surface area contributed by atoms with Crippen molar-refractivity contribution in [2.75, 3.05) is 12.4 Å². The molecule has 6 heteroatoms. The molecule has 2 heterocycles. The van der Waals surface area contributed by atoms with Gasteiger partial charge in [0.05, 0.1) is 12.6 Å². The number of aryl methyl sites for hydroxylation is 1. The van der Waals surface area contributed by atoms with Gasteiger partial charge in [0, 0.05) is 21.5 Å². The van der Waals surface area contributed by atoms with E-state index in [1.165, 1.54) is 0 Å². The summed E-state index contributed by atoms with van der Waals surface area (Å²) >= 11 is 6.10. The predicted octanol–water partition coefficient (Wildman–Crippen LogP) is 5.20. The van der Waals surface area contributed by atoms with Crippen LogP contribution in [0.1, 0.15) is 16.1 Å². The summed E-state index contributed by atoms with van der Waals surface area (Å²) in [4.78, 5) is 16.9. The predicted molar refractivity (Wildman–Crippen MR) is 102 cm³/mol. The fourth-order valence-electron chi connectivity index (χ4n) is 2.72. The average Bonchev–Trinajstić information content (AvgIpc) is 3.05. The van der Waals surface area contributed by atoms with Gasteiger partial charge in [-0.05, 0) is 55.0 Å². The van der Waals surface area contributed by atoms with E-state index in [1.54, 1.807) is 25.3 Å². The lowest BCUT2D eigenvalue weighted by Gasteiger charge is -2.04. The number of amides is 1. The molecule has 130 valence electrons. The minimum atomic E-state index is -0.357. The molecule has 0 aliphatic rings. The molecule has 0 saturated heterocycles. The van der Waals surface area contributed by atoms with Gasteiger partial charge in [0.15, 0.2) is 5.76 Å². The summed E-state index contributed by atoms with van der Waals surface area (Å²) in [5, 5.41) is 5.03. The second-order valence-corrected chi connectivity index (χ2v) is 6.38. The molecule has 0 fully saturated rings. The van der Waals surface area contributed by atoms with Gasteiger partial charge >= 0.3 is 0 Å². The van der Waals surface area contributed by atoms with Crippen molar-refractivity contribution in [2.24, 2.45) is 0 Å². The smallest absolute Gasteiger partial charge is 0.291 e. The third-order valence-electron chi connectivity index (χ3n) is 4.16. The highest BCUT2D eigenvalue weighted by Crippen LogP contribution is 2.26. The summed E-state index contributed by atoms with van der Waals surface area (Å²) in [6.07, 6.45) is 0. The monoisotopic (exact) mass is 366 g/mol. The number of hydrogen-bond acceptors (Lipinski definition) is 4. The highest BCUT2D eigenvalue weighted by Gasteiger charge is 2.15. The molecule has 5 nitrogen and oxygen atoms in total. The van der Waals surface area contributed by atoms with Gasteiger partial charge in [0.25, 0.3) is 5.91 Å². The van der Waals surface area contributed by atoms with E-state index in [-0.39, 0.29) is 11.7 Å². The number of fused-ring (bicyclic) bond motifs is 2. The standard InChI is InChI=1S/C20H15ClN2O3/c1-11-3-4-14(10-16(11)21)22-19(24)18-9-13-7-12-8-15(25-2)5-6-17(12)23-20(13)26-18/h3-10H,1-2H3,(H,22,24). The first-order chi connectivity index (χ1) is 12.5. The Morgan fingerprint density at radius 2 is 1.96 bits per heavy atom. The highest BCUT2D eigenvalue weighted by molar-refractivity contribution is 6.31. The van der Waals surface area contributed by atoms with E-state index < -0.39 is 0 Å². The Labute approximate surface area is 154 Å². The Hall–Kier alpha value is -3.05. The number of aromatic nitrogens is 1. The fraction of sp³-hybridized carbons (Fsp3) is 0.100. The van der Waals surface area contributed by atoms with Gasteiger partial charge in [-0.25, -0.2) is 4.98 Å². The number of halogens is 1. The second-order valence-electron chi connectivity index (χ2n) is 5.97. The van der Waals surface area contributed by atoms with Crippen LogP contribution < -0.4 is 10.1 Å². The summed E-state index contributed by atoms with van der Waals surface area (Å²) < 4.78 is 10.9. The number of nitrogens with zero attached hydrogens (tertiary/aromatic N) is 1. The Morgan fingerprint density at radius 1 is 1.12 bits per heavy atom. The lowest BCUT2D eigenvalue weighted by molar-refractivity contribution is 0.0998. The second kappa shape index (κ2) is 6.35. The largest absolute Gasteiger partial charge is 0.497 e. The number of anilines is 1. The van der Waals surface area contributed by atoms with Crippen molar-refractivity contribution >= 4 is 45.2 Å². The van der Waals surface area contributed by atoms with Crippen LogP contribution in [0.15, 0.2) is 52.9 Å². The van der Waals surface area contributed by atoms with E-state index in [2.05, 4.69) is 10.3 Å². The molecular formula is C20H15ClN2O3. The first kappa shape index (κ1) is 16.4. The molecule has 4 aromatic rings. The van der Waals surface area contributed by atoms with Crippen LogP contribution in [0.5, 0.6) is 5.75 Å². The number of hydrogen-bond donors (Lipinski definition) is 1. The van der Waals surface area contributed by atoms with Gasteiger partial charge in [-0.1, -0.05) is 17.7 Å². The normalized spacial score (nSPS) is 11.0. The first-order valence-electron chi connectivity index (χ1n) is 7.99. The van der Waals surface area contributed by atoms with Crippen LogP contribution in [-0.4, -0.2) is 18.0 Å². The van der Waals surface area contributed by atoms with E-state index >= 15 is 0 Å². The Morgan fingerprint density at radius 3 is 2.73 bits per heavy atom. The molecule has 0 radical (unpaired) electrons. The molecule has 1 N–H and O–H groups in total. The van der Waals surface area contributed by atoms with Crippen LogP contribution in [0.25, 0.3) is 22.0 Å². The zero-order valence-corrected chi connectivity index (χ0v) is 14.9. The van der Waals surface area contributed by atoms with Crippen LogP contribution in [-0.2, 0) is 0 Å². The molecule has 0 spiro atoms. The minimum Gasteiger partial charge on any atom is -0.497 e. The number of furan rings is 1. The molecule has 2 aromatic carbocycles. The molecular weight excluding hydrogens is 352 g/mol. The van der Waals surface area contributed by atoms with Crippen LogP contribution in [0, 0.1) is 6.92 Å². The Bertz CT molecular complexity index is 1150. The zero-order chi connectivity index (χ0) is 18.3. The average molecular weight is 367 g/mol. The van der Waals surface area contributed by atoms with Gasteiger partial charge in [0.1, 0.15) is 5.75 Å². The molecule has 0 bridgehead atoms. The number of benzene rings is 2. The number of carbonyl (C=O) groups is 1. The van der Waals surface area contributed by atoms with Crippen molar-refractivity contribution < 1.29 is 13.9 Å². The topological polar surface area (TPSA) is 64.4 Å². The van der Waals surface area contributed by atoms with Crippen LogP contribution in [0.3, 0.4) is 0 Å². The number of rotatable bonds is 3. The van der Waals surface area contributed by atoms with Gasteiger partial charge in [-0.15, -0.1) is 0 Å². The lowest BCUT2D eigenvalue weighted by atomic mass is 10.2. The van der Waals surface area contributed by atoms with Crippen molar-refractivity contribution in [3.05, 3.63) is 64.9 Å². The zero-order valence-electron chi connectivity index (χ0n) is 14.2. The summed E-state index contributed by atoms with van der Waals surface area (Å²) in [5.41, 5.74) is 2.73. The Kier molecular flexibility index (Phi) is 4.01. The number of ether oxygens (including phenoxy) is 1. The van der Waals surface area contributed by atoms with E-state index in [0.29, 0.717) is 16.4 Å². The fourth-order valence-corrected chi connectivity index (χ4v) is 2.90. The maximum atomic E-state index is 12.5. The molecule has 4 rings (SSSR count). The molecule has 2 aromatic heterocycles. The van der Waals surface area contributed by atoms with E-state index in [1.807, 2.05) is 37.3 Å². The molecule has 0 unspecified atom stereocenters. The van der Waals surface area contributed by atoms with Crippen LogP contribution >= 0.6 is 11.6 Å². The van der Waals surface area contributed by atoms with Gasteiger partial charge in [0.2, 0.25) is 5.71 Å². The molecule has 0 atom stereocenters. The maximum Gasteiger partial charge on any atom is 0.291 e. The van der Waals surface area contributed by atoms with Crippen molar-refractivity contribution in [1.29, 1.82) is 0 Å². The third kappa shape index (κ3) is 2.97. The highest BCUT2D eigenvalue weighted by atomic mass is 35.5. The van der Waals surface area contributed by atoms with Crippen molar-refractivity contribution in [1.82, 2.24) is 4.98 Å². The van der Waals surface area contributed by atoms with E-state index in [9.17, 15) is 4.79 Å². The minimum absolute atomic E-state index is 0.187. The maximum absolute atomic E-state index is 12.5. The third-order valence-corrected chi connectivity index (χ3v) is 4.57.